The summed E-state index contributed by atoms with van der Waals surface area (Å²) >= 11 is 0. The number of ether oxygens (including phenoxy) is 1. The Morgan fingerprint density at radius 3 is 2.42 bits per heavy atom. The SMILES string of the molecule is CCCCCCNc1ccc(NC(=O)COC)cc1. The molecule has 0 aliphatic rings. The second-order valence-electron chi connectivity index (χ2n) is 4.55. The van der Waals surface area contributed by atoms with Crippen molar-refractivity contribution in [2.75, 3.05) is 30.9 Å². The highest BCUT2D eigenvalue weighted by atomic mass is 16.5. The van der Waals surface area contributed by atoms with E-state index in [4.69, 9.17) is 4.74 Å². The molecule has 4 nitrogen and oxygen atoms in total. The van der Waals surface area contributed by atoms with Crippen molar-refractivity contribution in [1.29, 1.82) is 0 Å². The molecule has 0 heterocycles. The molecule has 0 spiro atoms. The van der Waals surface area contributed by atoms with Gasteiger partial charge in [-0.05, 0) is 30.7 Å². The molecule has 1 aromatic carbocycles. The molecule has 0 fully saturated rings. The number of hydrogen-bond acceptors (Lipinski definition) is 3. The maximum atomic E-state index is 11.3. The van der Waals surface area contributed by atoms with Crippen LogP contribution in [0.5, 0.6) is 0 Å². The van der Waals surface area contributed by atoms with Crippen molar-refractivity contribution in [1.82, 2.24) is 0 Å². The molecular formula is C15H24N2O2. The van der Waals surface area contributed by atoms with Gasteiger partial charge in [-0.1, -0.05) is 26.2 Å². The van der Waals surface area contributed by atoms with Crippen LogP contribution < -0.4 is 10.6 Å². The minimum Gasteiger partial charge on any atom is -0.385 e. The van der Waals surface area contributed by atoms with Gasteiger partial charge in [0.25, 0.3) is 0 Å². The average molecular weight is 264 g/mol. The molecule has 1 aromatic rings. The molecule has 0 saturated heterocycles. The minimum atomic E-state index is -0.136. The summed E-state index contributed by atoms with van der Waals surface area (Å²) in [6, 6.07) is 7.73. The van der Waals surface area contributed by atoms with Crippen molar-refractivity contribution in [3.05, 3.63) is 24.3 Å². The molecule has 1 amide bonds. The first-order valence-electron chi connectivity index (χ1n) is 6.89. The fraction of sp³-hybridized carbons (Fsp3) is 0.533. The first-order valence-corrected chi connectivity index (χ1v) is 6.89. The van der Waals surface area contributed by atoms with E-state index in [-0.39, 0.29) is 12.5 Å². The van der Waals surface area contributed by atoms with Gasteiger partial charge >= 0.3 is 0 Å². The van der Waals surface area contributed by atoms with Crippen LogP contribution in [0.2, 0.25) is 0 Å². The summed E-state index contributed by atoms with van der Waals surface area (Å²) in [4.78, 5) is 11.3. The quantitative estimate of drug-likeness (QED) is 0.673. The molecule has 0 aliphatic heterocycles. The van der Waals surface area contributed by atoms with Crippen molar-refractivity contribution >= 4 is 17.3 Å². The lowest BCUT2D eigenvalue weighted by atomic mass is 10.2. The molecule has 0 bridgehead atoms. The summed E-state index contributed by atoms with van der Waals surface area (Å²) in [5.74, 6) is -0.136. The number of rotatable bonds is 9. The highest BCUT2D eigenvalue weighted by Gasteiger charge is 2.00. The van der Waals surface area contributed by atoms with Gasteiger partial charge in [-0.15, -0.1) is 0 Å². The highest BCUT2D eigenvalue weighted by Crippen LogP contribution is 2.13. The molecule has 0 radical (unpaired) electrons. The molecule has 19 heavy (non-hydrogen) atoms. The Morgan fingerprint density at radius 1 is 1.11 bits per heavy atom. The van der Waals surface area contributed by atoms with Crippen LogP contribution in [0.4, 0.5) is 11.4 Å². The molecule has 0 aromatic heterocycles. The molecular weight excluding hydrogens is 240 g/mol. The molecule has 0 atom stereocenters. The van der Waals surface area contributed by atoms with E-state index < -0.39 is 0 Å². The zero-order chi connectivity index (χ0) is 13.9. The molecule has 0 aliphatic carbocycles. The Kier molecular flexibility index (Phi) is 7.66. The van der Waals surface area contributed by atoms with Gasteiger partial charge in [0.05, 0.1) is 0 Å². The average Bonchev–Trinajstić information content (AvgIpc) is 2.41. The number of amides is 1. The number of carbonyl (C=O) groups excluding carboxylic acids is 1. The fourth-order valence-corrected chi connectivity index (χ4v) is 1.78. The van der Waals surface area contributed by atoms with E-state index >= 15 is 0 Å². The smallest absolute Gasteiger partial charge is 0.250 e. The Bertz CT molecular complexity index is 363. The number of anilines is 2. The molecule has 0 saturated carbocycles. The molecule has 4 heteroatoms. The lowest BCUT2D eigenvalue weighted by Crippen LogP contribution is -2.16. The molecule has 0 unspecified atom stereocenters. The summed E-state index contributed by atoms with van der Waals surface area (Å²) in [5, 5.41) is 6.13. The Hall–Kier alpha value is -1.55. The topological polar surface area (TPSA) is 50.4 Å². The fourth-order valence-electron chi connectivity index (χ4n) is 1.78. The molecule has 2 N–H and O–H groups in total. The second kappa shape index (κ2) is 9.39. The summed E-state index contributed by atoms with van der Waals surface area (Å²) in [5.41, 5.74) is 1.87. The summed E-state index contributed by atoms with van der Waals surface area (Å²) in [6.45, 7) is 3.29. The summed E-state index contributed by atoms with van der Waals surface area (Å²) in [7, 11) is 1.51. The first kappa shape index (κ1) is 15.5. The van der Waals surface area contributed by atoms with E-state index in [1.54, 1.807) is 0 Å². The third kappa shape index (κ3) is 6.82. The largest absolute Gasteiger partial charge is 0.385 e. The number of unbranched alkanes of at least 4 members (excludes halogenated alkanes) is 3. The van der Waals surface area contributed by atoms with Crippen molar-refractivity contribution in [2.45, 2.75) is 32.6 Å². The van der Waals surface area contributed by atoms with E-state index in [9.17, 15) is 4.79 Å². The number of methoxy groups -OCH3 is 1. The van der Waals surface area contributed by atoms with Crippen molar-refractivity contribution in [2.24, 2.45) is 0 Å². The van der Waals surface area contributed by atoms with Gasteiger partial charge in [-0.3, -0.25) is 4.79 Å². The number of hydrogen-bond donors (Lipinski definition) is 2. The van der Waals surface area contributed by atoms with Crippen LogP contribution in [0, 0.1) is 0 Å². The molecule has 106 valence electrons. The van der Waals surface area contributed by atoms with Crippen LogP contribution in [0.15, 0.2) is 24.3 Å². The zero-order valence-corrected chi connectivity index (χ0v) is 11.9. The summed E-state index contributed by atoms with van der Waals surface area (Å²) in [6.07, 6.45) is 5.02. The third-order valence-electron chi connectivity index (χ3n) is 2.80. The van der Waals surface area contributed by atoms with Gasteiger partial charge in [0.15, 0.2) is 0 Å². The van der Waals surface area contributed by atoms with Crippen LogP contribution in [-0.2, 0) is 9.53 Å². The standard InChI is InChI=1S/C15H24N2O2/c1-3-4-5-6-11-16-13-7-9-14(10-8-13)17-15(18)12-19-2/h7-10,16H,3-6,11-12H2,1-2H3,(H,17,18). The Balaban J connectivity index is 2.29. The lowest BCUT2D eigenvalue weighted by Gasteiger charge is -2.08. The monoisotopic (exact) mass is 264 g/mol. The van der Waals surface area contributed by atoms with Crippen LogP contribution in [0.25, 0.3) is 0 Å². The second-order valence-corrected chi connectivity index (χ2v) is 4.55. The lowest BCUT2D eigenvalue weighted by molar-refractivity contribution is -0.119. The minimum absolute atomic E-state index is 0.0808. The van der Waals surface area contributed by atoms with Gasteiger partial charge in [0.1, 0.15) is 6.61 Å². The maximum absolute atomic E-state index is 11.3. The number of benzene rings is 1. The Labute approximate surface area is 115 Å². The van der Waals surface area contributed by atoms with E-state index in [0.717, 1.165) is 17.9 Å². The van der Waals surface area contributed by atoms with Gasteiger partial charge in [0.2, 0.25) is 5.91 Å². The van der Waals surface area contributed by atoms with Crippen LogP contribution >= 0.6 is 0 Å². The van der Waals surface area contributed by atoms with Crippen LogP contribution in [-0.4, -0.2) is 26.2 Å². The van der Waals surface area contributed by atoms with Crippen LogP contribution in [0.3, 0.4) is 0 Å². The van der Waals surface area contributed by atoms with Crippen molar-refractivity contribution in [3.63, 3.8) is 0 Å². The van der Waals surface area contributed by atoms with E-state index in [2.05, 4.69) is 17.6 Å². The molecule has 1 rings (SSSR count). The predicted octanol–water partition coefficient (Wildman–Crippen LogP) is 3.26. The highest BCUT2D eigenvalue weighted by molar-refractivity contribution is 5.91. The van der Waals surface area contributed by atoms with Gasteiger partial charge < -0.3 is 15.4 Å². The van der Waals surface area contributed by atoms with Gasteiger partial charge in [-0.25, -0.2) is 0 Å². The van der Waals surface area contributed by atoms with Crippen molar-refractivity contribution in [3.8, 4) is 0 Å². The summed E-state index contributed by atoms with van der Waals surface area (Å²) < 4.78 is 4.76. The van der Waals surface area contributed by atoms with E-state index in [0.29, 0.717) is 0 Å². The predicted molar refractivity (Wildman–Crippen MR) is 79.6 cm³/mol. The normalized spacial score (nSPS) is 10.2. The maximum Gasteiger partial charge on any atom is 0.250 e. The van der Waals surface area contributed by atoms with E-state index in [1.807, 2.05) is 24.3 Å². The van der Waals surface area contributed by atoms with Crippen molar-refractivity contribution < 1.29 is 9.53 Å². The zero-order valence-electron chi connectivity index (χ0n) is 11.9. The van der Waals surface area contributed by atoms with Gasteiger partial charge in [0, 0.05) is 25.0 Å². The Morgan fingerprint density at radius 2 is 1.79 bits per heavy atom. The first-order chi connectivity index (χ1) is 9.26. The third-order valence-corrected chi connectivity index (χ3v) is 2.80. The van der Waals surface area contributed by atoms with Gasteiger partial charge in [-0.2, -0.15) is 0 Å². The number of carbonyl (C=O) groups is 1. The van der Waals surface area contributed by atoms with E-state index in [1.165, 1.54) is 32.8 Å². The number of nitrogens with one attached hydrogen (secondary N) is 2. The van der Waals surface area contributed by atoms with Crippen LogP contribution in [0.1, 0.15) is 32.6 Å².